The van der Waals surface area contributed by atoms with Gasteiger partial charge < -0.3 is 10.5 Å². The summed E-state index contributed by atoms with van der Waals surface area (Å²) in [6, 6.07) is 11.7. The third-order valence-electron chi connectivity index (χ3n) is 5.49. The number of piperazine rings is 1. The largest absolute Gasteiger partial charge is 0.511 e. The van der Waals surface area contributed by atoms with Crippen molar-refractivity contribution in [1.29, 1.82) is 0 Å². The van der Waals surface area contributed by atoms with Gasteiger partial charge in [-0.05, 0) is 42.3 Å². The van der Waals surface area contributed by atoms with E-state index in [9.17, 15) is 21.6 Å². The van der Waals surface area contributed by atoms with Crippen molar-refractivity contribution in [2.75, 3.05) is 39.3 Å². The maximum absolute atomic E-state index is 12.9. The summed E-state index contributed by atoms with van der Waals surface area (Å²) in [6.45, 7) is 2.85. The lowest BCUT2D eigenvalue weighted by atomic mass is 9.96. The third kappa shape index (κ3) is 5.14. The second kappa shape index (κ2) is 9.72. The molecule has 0 radical (unpaired) electrons. The lowest BCUT2D eigenvalue weighted by Crippen LogP contribution is -2.52. The average Bonchev–Trinajstić information content (AvgIpc) is 2.75. The van der Waals surface area contributed by atoms with Crippen LogP contribution in [0.2, 0.25) is 0 Å². The van der Waals surface area contributed by atoms with Crippen molar-refractivity contribution in [3.63, 3.8) is 0 Å². The van der Waals surface area contributed by atoms with Crippen LogP contribution in [0.4, 0.5) is 13.2 Å². The number of nitrogens with two attached hydrogens (primary N) is 1. The predicted molar refractivity (Wildman–Crippen MR) is 114 cm³/mol. The molecule has 3 rings (SSSR count). The Bertz CT molecular complexity index is 990. The van der Waals surface area contributed by atoms with Crippen molar-refractivity contribution in [2.45, 2.75) is 31.3 Å². The van der Waals surface area contributed by atoms with Gasteiger partial charge in [0.05, 0.1) is 6.61 Å². The first kappa shape index (κ1) is 23.8. The van der Waals surface area contributed by atoms with Crippen LogP contribution in [0.1, 0.15) is 31.4 Å². The van der Waals surface area contributed by atoms with E-state index in [2.05, 4.69) is 0 Å². The Morgan fingerprint density at radius 3 is 2.26 bits per heavy atom. The Hall–Kier alpha value is -1.88. The molecule has 1 aliphatic rings. The Kier molecular flexibility index (Phi) is 7.46. The molecule has 1 saturated heterocycles. The molecule has 31 heavy (non-hydrogen) atoms. The predicted octanol–water partition coefficient (Wildman–Crippen LogP) is 3.49. The molecule has 1 aliphatic heterocycles. The summed E-state index contributed by atoms with van der Waals surface area (Å²) in [6.07, 6.45) is 1.41. The van der Waals surface area contributed by atoms with Gasteiger partial charge in [-0.1, -0.05) is 31.2 Å². The highest BCUT2D eigenvalue weighted by atomic mass is 32.2. The molecule has 0 amide bonds. The lowest BCUT2D eigenvalue weighted by molar-refractivity contribution is -0.0503. The van der Waals surface area contributed by atoms with Gasteiger partial charge in [0.2, 0.25) is 0 Å². The van der Waals surface area contributed by atoms with Gasteiger partial charge >= 0.3 is 15.5 Å². The van der Waals surface area contributed by atoms with Gasteiger partial charge in [-0.3, -0.25) is 4.90 Å². The number of fused-ring (bicyclic) bond motifs is 1. The first-order valence-electron chi connectivity index (χ1n) is 10.3. The summed E-state index contributed by atoms with van der Waals surface area (Å²) in [5, 5.41) is 2.06. The number of halogens is 3. The van der Waals surface area contributed by atoms with Gasteiger partial charge in [-0.25, -0.2) is 8.42 Å². The maximum atomic E-state index is 12.9. The molecular formula is C21H28F3N3O3S. The van der Waals surface area contributed by atoms with E-state index < -0.39 is 15.5 Å². The van der Waals surface area contributed by atoms with Crippen molar-refractivity contribution < 1.29 is 26.3 Å². The van der Waals surface area contributed by atoms with Gasteiger partial charge in [-0.15, -0.1) is 0 Å². The number of sulfonamides is 1. The number of rotatable bonds is 8. The van der Waals surface area contributed by atoms with Crippen molar-refractivity contribution in [1.82, 2.24) is 9.21 Å². The van der Waals surface area contributed by atoms with Crippen LogP contribution in [0.25, 0.3) is 10.8 Å². The number of ether oxygens (including phenoxy) is 1. The quantitative estimate of drug-likeness (QED) is 0.654. The van der Waals surface area contributed by atoms with E-state index in [1.165, 1.54) is 0 Å². The fourth-order valence-electron chi connectivity index (χ4n) is 3.93. The highest BCUT2D eigenvalue weighted by molar-refractivity contribution is 7.90. The Labute approximate surface area is 180 Å². The van der Waals surface area contributed by atoms with Crippen molar-refractivity contribution in [2.24, 2.45) is 5.73 Å². The fourth-order valence-corrected chi connectivity index (χ4v) is 4.87. The molecule has 0 aromatic heterocycles. The molecule has 1 unspecified atom stereocenters. The van der Waals surface area contributed by atoms with Gasteiger partial charge in [0.15, 0.2) is 0 Å². The van der Waals surface area contributed by atoms with Crippen LogP contribution in [0.3, 0.4) is 0 Å². The number of benzene rings is 2. The van der Waals surface area contributed by atoms with Gasteiger partial charge in [0, 0.05) is 37.8 Å². The second-order valence-electron chi connectivity index (χ2n) is 7.56. The number of nitrogens with zero attached hydrogens (tertiary/aromatic N) is 2. The van der Waals surface area contributed by atoms with E-state index in [0.29, 0.717) is 23.9 Å². The highest BCUT2D eigenvalue weighted by Gasteiger charge is 2.50. The van der Waals surface area contributed by atoms with Crippen molar-refractivity contribution in [3.8, 4) is 5.75 Å². The SMILES string of the molecule is CCCOc1cc2ccccc2cc1C(CCN)N1CCN(S(=O)(=O)C(F)(F)F)CC1. The molecule has 6 nitrogen and oxygen atoms in total. The van der Waals surface area contributed by atoms with E-state index in [4.69, 9.17) is 10.5 Å². The third-order valence-corrected chi connectivity index (χ3v) is 7.12. The van der Waals surface area contributed by atoms with E-state index in [1.807, 2.05) is 48.2 Å². The van der Waals surface area contributed by atoms with Crippen LogP contribution in [-0.2, 0) is 10.0 Å². The Morgan fingerprint density at radius 1 is 1.10 bits per heavy atom. The normalized spacial score (nSPS) is 17.7. The summed E-state index contributed by atoms with van der Waals surface area (Å²) >= 11 is 0. The lowest BCUT2D eigenvalue weighted by Gasteiger charge is -2.39. The van der Waals surface area contributed by atoms with E-state index in [-0.39, 0.29) is 32.2 Å². The minimum atomic E-state index is -5.32. The van der Waals surface area contributed by atoms with Gasteiger partial charge in [0.25, 0.3) is 0 Å². The van der Waals surface area contributed by atoms with Crippen LogP contribution in [0, 0.1) is 0 Å². The minimum Gasteiger partial charge on any atom is -0.493 e. The molecule has 2 aromatic rings. The van der Waals surface area contributed by atoms with E-state index in [0.717, 1.165) is 28.5 Å². The average molecular weight is 460 g/mol. The zero-order valence-electron chi connectivity index (χ0n) is 17.4. The molecule has 0 spiro atoms. The molecule has 2 aromatic carbocycles. The van der Waals surface area contributed by atoms with Crippen LogP contribution < -0.4 is 10.5 Å². The first-order valence-corrected chi connectivity index (χ1v) is 11.8. The van der Waals surface area contributed by atoms with E-state index in [1.54, 1.807) is 0 Å². The maximum Gasteiger partial charge on any atom is 0.511 e. The van der Waals surface area contributed by atoms with Crippen molar-refractivity contribution >= 4 is 20.8 Å². The number of hydrogen-bond acceptors (Lipinski definition) is 5. The summed E-state index contributed by atoms with van der Waals surface area (Å²) in [5.41, 5.74) is 1.50. The molecule has 1 fully saturated rings. The fraction of sp³-hybridized carbons (Fsp3) is 0.524. The smallest absolute Gasteiger partial charge is 0.493 e. The molecule has 10 heteroatoms. The topological polar surface area (TPSA) is 75.9 Å². The molecule has 0 aliphatic carbocycles. The molecule has 0 saturated carbocycles. The molecule has 0 bridgehead atoms. The summed E-state index contributed by atoms with van der Waals surface area (Å²) in [5.74, 6) is 0.726. The molecule has 1 atom stereocenters. The number of hydrogen-bond donors (Lipinski definition) is 1. The molecule has 2 N–H and O–H groups in total. The van der Waals surface area contributed by atoms with Crippen molar-refractivity contribution in [3.05, 3.63) is 42.0 Å². The van der Waals surface area contributed by atoms with Crippen LogP contribution in [-0.4, -0.2) is 62.5 Å². The number of alkyl halides is 3. The summed E-state index contributed by atoms with van der Waals surface area (Å²) in [7, 11) is -5.32. The molecule has 172 valence electrons. The van der Waals surface area contributed by atoms with E-state index >= 15 is 0 Å². The van der Waals surface area contributed by atoms with Gasteiger partial charge in [0.1, 0.15) is 5.75 Å². The minimum absolute atomic E-state index is 0.181. The highest BCUT2D eigenvalue weighted by Crippen LogP contribution is 2.37. The molecular weight excluding hydrogens is 431 g/mol. The second-order valence-corrected chi connectivity index (χ2v) is 9.49. The zero-order valence-corrected chi connectivity index (χ0v) is 18.3. The first-order chi connectivity index (χ1) is 14.7. The molecule has 1 heterocycles. The standard InChI is InChI=1S/C21H28F3N3O3S/c1-2-13-30-20-15-17-6-4-3-5-16(17)14-18(20)19(7-8-25)26-9-11-27(12-10-26)31(28,29)21(22,23)24/h3-6,14-15,19H,2,7-13,25H2,1H3. The monoisotopic (exact) mass is 459 g/mol. The van der Waals surface area contributed by atoms with Crippen LogP contribution in [0.5, 0.6) is 5.75 Å². The van der Waals surface area contributed by atoms with Gasteiger partial charge in [-0.2, -0.15) is 17.5 Å². The Balaban J connectivity index is 1.90. The summed E-state index contributed by atoms with van der Waals surface area (Å²) < 4.78 is 68.7. The van der Waals surface area contributed by atoms with Crippen LogP contribution in [0.15, 0.2) is 36.4 Å². The van der Waals surface area contributed by atoms with Crippen LogP contribution >= 0.6 is 0 Å². The summed E-state index contributed by atoms with van der Waals surface area (Å²) in [4.78, 5) is 2.00. The Morgan fingerprint density at radius 2 is 1.71 bits per heavy atom. The zero-order chi connectivity index (χ0) is 22.6.